The summed E-state index contributed by atoms with van der Waals surface area (Å²) in [5.74, 6) is -0.382. The Balaban J connectivity index is 1.62. The van der Waals surface area contributed by atoms with Crippen molar-refractivity contribution in [3.05, 3.63) is 100 Å². The van der Waals surface area contributed by atoms with Crippen molar-refractivity contribution in [3.63, 3.8) is 0 Å². The van der Waals surface area contributed by atoms with Crippen LogP contribution in [0.4, 0.5) is 0 Å². The summed E-state index contributed by atoms with van der Waals surface area (Å²) < 4.78 is 5.61. The molecule has 0 bridgehead atoms. The summed E-state index contributed by atoms with van der Waals surface area (Å²) in [6.45, 7) is 4.15. The van der Waals surface area contributed by atoms with E-state index in [1.807, 2.05) is 56.3 Å². The van der Waals surface area contributed by atoms with E-state index in [1.54, 1.807) is 24.3 Å². The predicted molar refractivity (Wildman–Crippen MR) is 140 cm³/mol. The smallest absolute Gasteiger partial charge is 0.251 e. The van der Waals surface area contributed by atoms with Gasteiger partial charge in [0, 0.05) is 31.1 Å². The summed E-state index contributed by atoms with van der Waals surface area (Å²) in [6.07, 6.45) is 0.246. The van der Waals surface area contributed by atoms with E-state index >= 15 is 0 Å². The lowest BCUT2D eigenvalue weighted by atomic mass is 10.0. The minimum atomic E-state index is -0.781. The number of nitrogens with one attached hydrogen (secondary N) is 3. The van der Waals surface area contributed by atoms with Crippen molar-refractivity contribution in [2.24, 2.45) is 0 Å². The largest absolute Gasteiger partial charge is 0.489 e. The van der Waals surface area contributed by atoms with Gasteiger partial charge in [-0.1, -0.05) is 54.1 Å². The van der Waals surface area contributed by atoms with Crippen LogP contribution >= 0.6 is 11.6 Å². The van der Waals surface area contributed by atoms with Gasteiger partial charge >= 0.3 is 0 Å². The molecular weight excluding hydrogens is 478 g/mol. The fraction of sp³-hybridized carbons (Fsp3) is 0.250. The lowest BCUT2D eigenvalue weighted by Gasteiger charge is -2.18. The normalized spacial score (nSPS) is 11.5. The van der Waals surface area contributed by atoms with E-state index in [0.29, 0.717) is 34.9 Å². The summed E-state index contributed by atoms with van der Waals surface area (Å²) in [5.41, 5.74) is 2.71. The van der Waals surface area contributed by atoms with E-state index in [4.69, 9.17) is 16.3 Å². The molecular formula is C28H30ClN3O4. The summed E-state index contributed by atoms with van der Waals surface area (Å²) >= 11 is 6.26. The molecule has 8 heteroatoms. The number of carbonyl (C=O) groups excluding carboxylic acids is 3. The minimum Gasteiger partial charge on any atom is -0.489 e. The Morgan fingerprint density at radius 2 is 1.53 bits per heavy atom. The van der Waals surface area contributed by atoms with Crippen LogP contribution in [-0.4, -0.2) is 36.9 Å². The van der Waals surface area contributed by atoms with Crippen LogP contribution in [-0.2, 0) is 17.8 Å². The molecule has 0 aromatic heterocycles. The molecule has 0 aliphatic rings. The van der Waals surface area contributed by atoms with Crippen molar-refractivity contribution < 1.29 is 19.1 Å². The zero-order chi connectivity index (χ0) is 26.1. The van der Waals surface area contributed by atoms with Gasteiger partial charge in [0.05, 0.1) is 11.1 Å². The Hall–Kier alpha value is -3.84. The van der Waals surface area contributed by atoms with Crippen LogP contribution in [0.2, 0.25) is 5.02 Å². The fourth-order valence-corrected chi connectivity index (χ4v) is 3.74. The molecule has 1 unspecified atom stereocenters. The molecule has 3 rings (SSSR count). The van der Waals surface area contributed by atoms with Gasteiger partial charge in [0.1, 0.15) is 11.8 Å². The van der Waals surface area contributed by atoms with Crippen molar-refractivity contribution in [1.29, 1.82) is 0 Å². The molecule has 188 valence electrons. The standard InChI is InChI=1S/C28H30ClN3O4/c1-18(2)36-25-14-13-22(16-23(25)29)27(34)32-24(28(35)30-3)15-19-9-11-20(12-10-19)17-31-26(33)21-7-5-4-6-8-21/h4-14,16,18,24H,15,17H2,1-3H3,(H,30,35)(H,31,33)(H,32,34). The SMILES string of the molecule is CNC(=O)C(Cc1ccc(CNC(=O)c2ccccc2)cc1)NC(=O)c1ccc(OC(C)C)c(Cl)c1. The second-order valence-corrected chi connectivity index (χ2v) is 8.93. The van der Waals surface area contributed by atoms with E-state index in [2.05, 4.69) is 16.0 Å². The number of rotatable bonds is 10. The van der Waals surface area contributed by atoms with Crippen LogP contribution in [0.1, 0.15) is 45.7 Å². The van der Waals surface area contributed by atoms with E-state index in [9.17, 15) is 14.4 Å². The molecule has 0 saturated carbocycles. The summed E-state index contributed by atoms with van der Waals surface area (Å²) in [7, 11) is 1.52. The highest BCUT2D eigenvalue weighted by Crippen LogP contribution is 2.26. The lowest BCUT2D eigenvalue weighted by Crippen LogP contribution is -2.47. The van der Waals surface area contributed by atoms with Crippen molar-refractivity contribution in [2.45, 2.75) is 39.0 Å². The first-order chi connectivity index (χ1) is 17.3. The molecule has 0 aliphatic carbocycles. The Kier molecular flexibility index (Phi) is 9.47. The molecule has 0 saturated heterocycles. The molecule has 36 heavy (non-hydrogen) atoms. The molecule has 0 heterocycles. The molecule has 0 spiro atoms. The zero-order valence-electron chi connectivity index (χ0n) is 20.5. The van der Waals surface area contributed by atoms with Gasteiger partial charge in [0.25, 0.3) is 11.8 Å². The van der Waals surface area contributed by atoms with E-state index < -0.39 is 11.9 Å². The number of benzene rings is 3. The summed E-state index contributed by atoms with van der Waals surface area (Å²) in [4.78, 5) is 37.6. The third-order valence-electron chi connectivity index (χ3n) is 5.38. The van der Waals surface area contributed by atoms with E-state index in [0.717, 1.165) is 11.1 Å². The van der Waals surface area contributed by atoms with Gasteiger partial charge in [-0.15, -0.1) is 0 Å². The Morgan fingerprint density at radius 3 is 2.14 bits per heavy atom. The number of likely N-dealkylation sites (N-methyl/N-ethyl adjacent to an activating group) is 1. The van der Waals surface area contributed by atoms with Gasteiger partial charge < -0.3 is 20.7 Å². The van der Waals surface area contributed by atoms with Crippen LogP contribution in [0, 0.1) is 0 Å². The maximum atomic E-state index is 12.8. The van der Waals surface area contributed by atoms with Crippen LogP contribution in [0.5, 0.6) is 5.75 Å². The first-order valence-electron chi connectivity index (χ1n) is 11.7. The predicted octanol–water partition coefficient (Wildman–Crippen LogP) is 4.14. The number of hydrogen-bond acceptors (Lipinski definition) is 4. The highest BCUT2D eigenvalue weighted by molar-refractivity contribution is 6.32. The molecule has 1 atom stereocenters. The van der Waals surface area contributed by atoms with Gasteiger partial charge in [0.2, 0.25) is 5.91 Å². The van der Waals surface area contributed by atoms with Crippen molar-refractivity contribution in [1.82, 2.24) is 16.0 Å². The van der Waals surface area contributed by atoms with Gasteiger partial charge in [-0.2, -0.15) is 0 Å². The number of ether oxygens (including phenoxy) is 1. The fourth-order valence-electron chi connectivity index (χ4n) is 3.52. The summed E-state index contributed by atoms with van der Waals surface area (Å²) in [5, 5.41) is 8.59. The molecule has 0 fully saturated rings. The topological polar surface area (TPSA) is 96.5 Å². The first kappa shape index (κ1) is 26.8. The number of amides is 3. The number of hydrogen-bond donors (Lipinski definition) is 3. The quantitative estimate of drug-likeness (QED) is 0.384. The van der Waals surface area contributed by atoms with Crippen LogP contribution < -0.4 is 20.7 Å². The van der Waals surface area contributed by atoms with Crippen LogP contribution in [0.3, 0.4) is 0 Å². The van der Waals surface area contributed by atoms with Crippen molar-refractivity contribution >= 4 is 29.3 Å². The molecule has 3 amide bonds. The average Bonchev–Trinajstić information content (AvgIpc) is 2.88. The number of halogens is 1. The van der Waals surface area contributed by atoms with E-state index in [1.165, 1.54) is 13.1 Å². The monoisotopic (exact) mass is 507 g/mol. The maximum absolute atomic E-state index is 12.8. The highest BCUT2D eigenvalue weighted by Gasteiger charge is 2.21. The van der Waals surface area contributed by atoms with Crippen molar-refractivity contribution in [3.8, 4) is 5.75 Å². The third kappa shape index (κ3) is 7.58. The zero-order valence-corrected chi connectivity index (χ0v) is 21.3. The highest BCUT2D eigenvalue weighted by atomic mass is 35.5. The third-order valence-corrected chi connectivity index (χ3v) is 5.67. The van der Waals surface area contributed by atoms with Crippen LogP contribution in [0.25, 0.3) is 0 Å². The Bertz CT molecular complexity index is 1200. The molecule has 0 radical (unpaired) electrons. The maximum Gasteiger partial charge on any atom is 0.251 e. The Morgan fingerprint density at radius 1 is 0.861 bits per heavy atom. The van der Waals surface area contributed by atoms with E-state index in [-0.39, 0.29) is 17.9 Å². The molecule has 3 aromatic rings. The van der Waals surface area contributed by atoms with Gasteiger partial charge in [0.15, 0.2) is 0 Å². The second kappa shape index (κ2) is 12.7. The van der Waals surface area contributed by atoms with Gasteiger partial charge in [-0.25, -0.2) is 0 Å². The molecule has 7 nitrogen and oxygen atoms in total. The first-order valence-corrected chi connectivity index (χ1v) is 12.0. The molecule has 0 aliphatic heterocycles. The van der Waals surface area contributed by atoms with Gasteiger partial charge in [-0.3, -0.25) is 14.4 Å². The molecule has 3 aromatic carbocycles. The second-order valence-electron chi connectivity index (χ2n) is 8.52. The van der Waals surface area contributed by atoms with Crippen LogP contribution in [0.15, 0.2) is 72.8 Å². The summed E-state index contributed by atoms with van der Waals surface area (Å²) in [6, 6.07) is 20.5. The average molecular weight is 508 g/mol. The number of carbonyl (C=O) groups is 3. The minimum absolute atomic E-state index is 0.0497. The molecule has 3 N–H and O–H groups in total. The lowest BCUT2D eigenvalue weighted by molar-refractivity contribution is -0.122. The Labute approximate surface area is 216 Å². The van der Waals surface area contributed by atoms with Crippen molar-refractivity contribution in [2.75, 3.05) is 7.05 Å². The van der Waals surface area contributed by atoms with Gasteiger partial charge in [-0.05, 0) is 55.3 Å².